The molecule has 0 spiro atoms. The van der Waals surface area contributed by atoms with Crippen molar-refractivity contribution in [2.24, 2.45) is 0 Å². The summed E-state index contributed by atoms with van der Waals surface area (Å²) in [6.45, 7) is 0. The van der Waals surface area contributed by atoms with Gasteiger partial charge in [0, 0.05) is 26.3 Å². The van der Waals surface area contributed by atoms with Gasteiger partial charge in [-0.15, -0.1) is 0 Å². The van der Waals surface area contributed by atoms with Gasteiger partial charge in [0.2, 0.25) is 0 Å². The van der Waals surface area contributed by atoms with Crippen molar-refractivity contribution >= 4 is 49.1 Å². The molecule has 0 aliphatic carbocycles. The molecule has 0 radical (unpaired) electrons. The van der Waals surface area contributed by atoms with Crippen LogP contribution in [0.2, 0.25) is 0 Å². The molecule has 2 rings (SSSR count). The quantitative estimate of drug-likeness (QED) is 0.765. The molecule has 1 amide bonds. The summed E-state index contributed by atoms with van der Waals surface area (Å²) in [7, 11) is 1.52. The Hall–Kier alpha value is -1.53. The van der Waals surface area contributed by atoms with Crippen molar-refractivity contribution in [2.75, 3.05) is 18.2 Å². The lowest BCUT2D eigenvalue weighted by Gasteiger charge is -2.13. The number of nitrogens with two attached hydrogens (primary N) is 1. The number of benzene rings is 2. The molecule has 0 saturated carbocycles. The fourth-order valence-corrected chi connectivity index (χ4v) is 2.49. The Morgan fingerprint density at radius 3 is 2.45 bits per heavy atom. The van der Waals surface area contributed by atoms with E-state index in [1.807, 2.05) is 12.1 Å². The van der Waals surface area contributed by atoms with E-state index < -0.39 is 0 Å². The minimum Gasteiger partial charge on any atom is -0.494 e. The molecular formula is C14H12Br2N2O2. The van der Waals surface area contributed by atoms with Gasteiger partial charge in [0.05, 0.1) is 12.8 Å². The molecule has 2 aromatic carbocycles. The lowest BCUT2D eigenvalue weighted by Crippen LogP contribution is -2.13. The SMILES string of the molecule is COc1cc(N)cc(Br)c1NC(=O)c1ccc(Br)cc1. The van der Waals surface area contributed by atoms with Crippen LogP contribution in [0.4, 0.5) is 11.4 Å². The third kappa shape index (κ3) is 3.32. The zero-order chi connectivity index (χ0) is 14.7. The maximum absolute atomic E-state index is 12.2. The summed E-state index contributed by atoms with van der Waals surface area (Å²) in [4.78, 5) is 12.2. The van der Waals surface area contributed by atoms with Crippen LogP contribution in [0.15, 0.2) is 45.3 Å². The van der Waals surface area contributed by atoms with Crippen molar-refractivity contribution in [2.45, 2.75) is 0 Å². The van der Waals surface area contributed by atoms with E-state index in [1.54, 1.807) is 24.3 Å². The van der Waals surface area contributed by atoms with Gasteiger partial charge < -0.3 is 15.8 Å². The second kappa shape index (κ2) is 6.28. The molecule has 0 aliphatic rings. The first kappa shape index (κ1) is 14.9. The zero-order valence-corrected chi connectivity index (χ0v) is 13.8. The Morgan fingerprint density at radius 2 is 1.85 bits per heavy atom. The number of nitrogens with one attached hydrogen (secondary N) is 1. The van der Waals surface area contributed by atoms with Crippen LogP contribution in [0.25, 0.3) is 0 Å². The van der Waals surface area contributed by atoms with Gasteiger partial charge >= 0.3 is 0 Å². The van der Waals surface area contributed by atoms with E-state index in [4.69, 9.17) is 10.5 Å². The summed E-state index contributed by atoms with van der Waals surface area (Å²) in [5.41, 5.74) is 7.39. The summed E-state index contributed by atoms with van der Waals surface area (Å²) in [6.07, 6.45) is 0. The van der Waals surface area contributed by atoms with Crippen LogP contribution in [0.5, 0.6) is 5.75 Å². The van der Waals surface area contributed by atoms with Crippen LogP contribution in [0, 0.1) is 0 Å². The van der Waals surface area contributed by atoms with Gasteiger partial charge in [0.25, 0.3) is 5.91 Å². The number of nitrogen functional groups attached to an aromatic ring is 1. The fourth-order valence-electron chi connectivity index (χ4n) is 1.67. The number of ether oxygens (including phenoxy) is 1. The van der Waals surface area contributed by atoms with E-state index in [0.717, 1.165) is 4.47 Å². The van der Waals surface area contributed by atoms with Crippen LogP contribution in [0.3, 0.4) is 0 Å². The Balaban J connectivity index is 2.30. The van der Waals surface area contributed by atoms with E-state index in [0.29, 0.717) is 27.2 Å². The molecule has 3 N–H and O–H groups in total. The second-order valence-corrected chi connectivity index (χ2v) is 5.81. The topological polar surface area (TPSA) is 64.3 Å². The molecule has 6 heteroatoms. The van der Waals surface area contributed by atoms with E-state index in [1.165, 1.54) is 7.11 Å². The van der Waals surface area contributed by atoms with E-state index >= 15 is 0 Å². The summed E-state index contributed by atoms with van der Waals surface area (Å²) in [5, 5.41) is 2.81. The number of hydrogen-bond donors (Lipinski definition) is 2. The average Bonchev–Trinajstić information content (AvgIpc) is 2.42. The third-order valence-corrected chi connectivity index (χ3v) is 3.80. The van der Waals surface area contributed by atoms with Crippen molar-refractivity contribution in [1.82, 2.24) is 0 Å². The van der Waals surface area contributed by atoms with Gasteiger partial charge in [0.15, 0.2) is 0 Å². The van der Waals surface area contributed by atoms with Gasteiger partial charge in [-0.05, 0) is 46.3 Å². The van der Waals surface area contributed by atoms with Gasteiger partial charge in [0.1, 0.15) is 5.75 Å². The number of carbonyl (C=O) groups excluding carboxylic acids is 1. The molecule has 4 nitrogen and oxygen atoms in total. The molecule has 2 aromatic rings. The number of rotatable bonds is 3. The standard InChI is InChI=1S/C14H12Br2N2O2/c1-20-12-7-10(17)6-11(16)13(12)18-14(19)8-2-4-9(15)5-3-8/h2-7H,17H2,1H3,(H,18,19). The first-order valence-electron chi connectivity index (χ1n) is 5.71. The lowest BCUT2D eigenvalue weighted by molar-refractivity contribution is 0.102. The maximum Gasteiger partial charge on any atom is 0.255 e. The molecule has 0 bridgehead atoms. The highest BCUT2D eigenvalue weighted by molar-refractivity contribution is 9.10. The van der Waals surface area contributed by atoms with Crippen LogP contribution in [-0.2, 0) is 0 Å². The second-order valence-electron chi connectivity index (χ2n) is 4.04. The maximum atomic E-state index is 12.2. The number of anilines is 2. The van der Waals surface area contributed by atoms with Gasteiger partial charge in [-0.2, -0.15) is 0 Å². The summed E-state index contributed by atoms with van der Waals surface area (Å²) in [6, 6.07) is 10.4. The number of carbonyl (C=O) groups is 1. The van der Waals surface area contributed by atoms with Crippen molar-refractivity contribution in [3.63, 3.8) is 0 Å². The number of hydrogen-bond acceptors (Lipinski definition) is 3. The fraction of sp³-hybridized carbons (Fsp3) is 0.0714. The van der Waals surface area contributed by atoms with Crippen molar-refractivity contribution < 1.29 is 9.53 Å². The van der Waals surface area contributed by atoms with E-state index in [2.05, 4.69) is 37.2 Å². The monoisotopic (exact) mass is 398 g/mol. The average molecular weight is 400 g/mol. The molecule has 20 heavy (non-hydrogen) atoms. The molecule has 104 valence electrons. The highest BCUT2D eigenvalue weighted by Crippen LogP contribution is 2.35. The third-order valence-electron chi connectivity index (χ3n) is 2.64. The minimum atomic E-state index is -0.221. The number of halogens is 2. The zero-order valence-electron chi connectivity index (χ0n) is 10.6. The molecule has 0 aliphatic heterocycles. The summed E-state index contributed by atoms with van der Waals surface area (Å²) in [5.74, 6) is 0.281. The van der Waals surface area contributed by atoms with E-state index in [-0.39, 0.29) is 5.91 Å². The van der Waals surface area contributed by atoms with Crippen molar-refractivity contribution in [3.05, 3.63) is 50.9 Å². The number of amides is 1. The first-order chi connectivity index (χ1) is 9.51. The first-order valence-corrected chi connectivity index (χ1v) is 7.30. The van der Waals surface area contributed by atoms with Crippen LogP contribution < -0.4 is 15.8 Å². The predicted octanol–water partition coefficient (Wildman–Crippen LogP) is 4.05. The normalized spacial score (nSPS) is 10.2. The van der Waals surface area contributed by atoms with E-state index in [9.17, 15) is 4.79 Å². The molecule has 0 fully saturated rings. The number of methoxy groups -OCH3 is 1. The minimum absolute atomic E-state index is 0.221. The molecule has 0 unspecified atom stereocenters. The molecule has 0 aromatic heterocycles. The predicted molar refractivity (Wildman–Crippen MR) is 87.2 cm³/mol. The van der Waals surface area contributed by atoms with Crippen molar-refractivity contribution in [3.8, 4) is 5.75 Å². The largest absolute Gasteiger partial charge is 0.494 e. The smallest absolute Gasteiger partial charge is 0.255 e. The van der Waals surface area contributed by atoms with Gasteiger partial charge in [-0.25, -0.2) is 0 Å². The van der Waals surface area contributed by atoms with Gasteiger partial charge in [-0.1, -0.05) is 15.9 Å². The Bertz CT molecular complexity index is 642. The highest BCUT2D eigenvalue weighted by atomic mass is 79.9. The Morgan fingerprint density at radius 1 is 1.20 bits per heavy atom. The summed E-state index contributed by atoms with van der Waals surface area (Å²) >= 11 is 6.70. The van der Waals surface area contributed by atoms with Crippen molar-refractivity contribution in [1.29, 1.82) is 0 Å². The lowest BCUT2D eigenvalue weighted by atomic mass is 10.2. The van der Waals surface area contributed by atoms with Gasteiger partial charge in [-0.3, -0.25) is 4.79 Å². The molecule has 0 heterocycles. The van der Waals surface area contributed by atoms with Crippen LogP contribution in [-0.4, -0.2) is 13.0 Å². The highest BCUT2D eigenvalue weighted by Gasteiger charge is 2.13. The Kier molecular flexibility index (Phi) is 4.67. The molecule has 0 saturated heterocycles. The van der Waals surface area contributed by atoms with Crippen LogP contribution >= 0.6 is 31.9 Å². The van der Waals surface area contributed by atoms with Crippen LogP contribution in [0.1, 0.15) is 10.4 Å². The Labute approximate surface area is 133 Å². The summed E-state index contributed by atoms with van der Waals surface area (Å²) < 4.78 is 6.81. The molecular weight excluding hydrogens is 388 g/mol. The molecule has 0 atom stereocenters.